The Morgan fingerprint density at radius 2 is 2.00 bits per heavy atom. The molecule has 2 aromatic carbocycles. The Balaban J connectivity index is 1.67. The van der Waals surface area contributed by atoms with Crippen LogP contribution in [0.5, 0.6) is 0 Å². The molecule has 3 rings (SSSR count). The average molecular weight is 292 g/mol. The first-order valence-electron chi connectivity index (χ1n) is 7.55. The van der Waals surface area contributed by atoms with Gasteiger partial charge in [0.2, 0.25) is 5.91 Å². The lowest BCUT2D eigenvalue weighted by Gasteiger charge is -2.09. The Morgan fingerprint density at radius 1 is 1.14 bits per heavy atom. The van der Waals surface area contributed by atoms with Crippen LogP contribution in [0.15, 0.2) is 48.7 Å². The van der Waals surface area contributed by atoms with E-state index in [0.717, 1.165) is 28.8 Å². The summed E-state index contributed by atoms with van der Waals surface area (Å²) in [6.45, 7) is 4.04. The fraction of sp³-hybridized carbons (Fsp3) is 0.211. The molecule has 3 heteroatoms. The summed E-state index contributed by atoms with van der Waals surface area (Å²) in [5, 5.41) is 4.21. The molecule has 3 aromatic rings. The Hall–Kier alpha value is -2.55. The number of nitrogens with one attached hydrogen (secondary N) is 2. The normalized spacial score (nSPS) is 10.8. The number of carbonyl (C=O) groups excluding carboxylic acids is 1. The minimum Gasteiger partial charge on any atom is -0.361 e. The number of hydrogen-bond acceptors (Lipinski definition) is 1. The molecule has 0 aliphatic rings. The molecule has 3 nitrogen and oxygen atoms in total. The molecule has 0 fully saturated rings. The molecule has 0 bridgehead atoms. The van der Waals surface area contributed by atoms with E-state index in [1.54, 1.807) is 0 Å². The SMILES string of the molecule is Cc1ccc(C)c(NC(=O)CCc2cccc3[nH]ccc23)c1. The van der Waals surface area contributed by atoms with Gasteiger partial charge in [0.05, 0.1) is 0 Å². The van der Waals surface area contributed by atoms with Crippen molar-refractivity contribution in [3.63, 3.8) is 0 Å². The molecule has 2 N–H and O–H groups in total. The first-order chi connectivity index (χ1) is 10.6. The number of amides is 1. The second-order valence-corrected chi connectivity index (χ2v) is 5.72. The summed E-state index contributed by atoms with van der Waals surface area (Å²) < 4.78 is 0. The van der Waals surface area contributed by atoms with Crippen LogP contribution in [0.4, 0.5) is 5.69 Å². The van der Waals surface area contributed by atoms with E-state index in [-0.39, 0.29) is 5.91 Å². The highest BCUT2D eigenvalue weighted by molar-refractivity contribution is 5.92. The van der Waals surface area contributed by atoms with Crippen LogP contribution in [0.2, 0.25) is 0 Å². The number of fused-ring (bicyclic) bond motifs is 1. The van der Waals surface area contributed by atoms with Gasteiger partial charge in [-0.05, 0) is 55.2 Å². The minimum atomic E-state index is 0.0567. The van der Waals surface area contributed by atoms with Crippen molar-refractivity contribution < 1.29 is 4.79 Å². The number of aryl methyl sites for hydroxylation is 3. The standard InChI is InChI=1S/C19H20N2O/c1-13-6-7-14(2)18(12-13)21-19(22)9-8-15-4-3-5-17-16(15)10-11-20-17/h3-7,10-12,20H,8-9H2,1-2H3,(H,21,22). The average Bonchev–Trinajstić information content (AvgIpc) is 2.98. The third-order valence-corrected chi connectivity index (χ3v) is 3.97. The van der Waals surface area contributed by atoms with E-state index in [1.807, 2.05) is 38.2 Å². The van der Waals surface area contributed by atoms with Crippen molar-refractivity contribution in [1.82, 2.24) is 4.98 Å². The predicted molar refractivity (Wildman–Crippen MR) is 91.2 cm³/mol. The van der Waals surface area contributed by atoms with E-state index in [4.69, 9.17) is 0 Å². The summed E-state index contributed by atoms with van der Waals surface area (Å²) in [5.41, 5.74) is 5.47. The fourth-order valence-corrected chi connectivity index (χ4v) is 2.70. The van der Waals surface area contributed by atoms with Crippen LogP contribution in [-0.2, 0) is 11.2 Å². The van der Waals surface area contributed by atoms with Crippen LogP contribution in [0.3, 0.4) is 0 Å². The second-order valence-electron chi connectivity index (χ2n) is 5.72. The van der Waals surface area contributed by atoms with Gasteiger partial charge in [-0.25, -0.2) is 0 Å². The zero-order chi connectivity index (χ0) is 15.5. The first kappa shape index (κ1) is 14.4. The van der Waals surface area contributed by atoms with Gasteiger partial charge in [-0.3, -0.25) is 4.79 Å². The van der Waals surface area contributed by atoms with Crippen LogP contribution in [0.1, 0.15) is 23.1 Å². The van der Waals surface area contributed by atoms with Gasteiger partial charge >= 0.3 is 0 Å². The van der Waals surface area contributed by atoms with Crippen LogP contribution in [-0.4, -0.2) is 10.9 Å². The highest BCUT2D eigenvalue weighted by atomic mass is 16.1. The van der Waals surface area contributed by atoms with Gasteiger partial charge in [0.15, 0.2) is 0 Å². The molecule has 1 aromatic heterocycles. The molecule has 0 saturated heterocycles. The van der Waals surface area contributed by atoms with Crippen LogP contribution in [0, 0.1) is 13.8 Å². The molecular formula is C19H20N2O. The minimum absolute atomic E-state index is 0.0567. The van der Waals surface area contributed by atoms with Crippen LogP contribution in [0.25, 0.3) is 10.9 Å². The third kappa shape index (κ3) is 3.03. The lowest BCUT2D eigenvalue weighted by molar-refractivity contribution is -0.116. The molecule has 0 radical (unpaired) electrons. The van der Waals surface area contributed by atoms with Gasteiger partial charge in [-0.2, -0.15) is 0 Å². The zero-order valence-corrected chi connectivity index (χ0v) is 12.9. The molecule has 0 spiro atoms. The van der Waals surface area contributed by atoms with Gasteiger partial charge in [0, 0.05) is 29.2 Å². The largest absolute Gasteiger partial charge is 0.361 e. The maximum absolute atomic E-state index is 12.2. The van der Waals surface area contributed by atoms with E-state index in [1.165, 1.54) is 10.9 Å². The van der Waals surface area contributed by atoms with Crippen LogP contribution < -0.4 is 5.32 Å². The van der Waals surface area contributed by atoms with Crippen molar-refractivity contribution in [3.8, 4) is 0 Å². The fourth-order valence-electron chi connectivity index (χ4n) is 2.70. The molecule has 0 saturated carbocycles. The summed E-state index contributed by atoms with van der Waals surface area (Å²) in [4.78, 5) is 15.4. The molecule has 22 heavy (non-hydrogen) atoms. The topological polar surface area (TPSA) is 44.9 Å². The number of rotatable bonds is 4. The summed E-state index contributed by atoms with van der Waals surface area (Å²) in [7, 11) is 0. The second kappa shape index (κ2) is 6.06. The predicted octanol–water partition coefficient (Wildman–Crippen LogP) is 4.36. The summed E-state index contributed by atoms with van der Waals surface area (Å²) in [5.74, 6) is 0.0567. The monoisotopic (exact) mass is 292 g/mol. The Kier molecular flexibility index (Phi) is 3.96. The van der Waals surface area contributed by atoms with E-state index >= 15 is 0 Å². The number of anilines is 1. The Morgan fingerprint density at radius 3 is 2.86 bits per heavy atom. The van der Waals surface area contributed by atoms with E-state index < -0.39 is 0 Å². The zero-order valence-electron chi connectivity index (χ0n) is 12.9. The molecule has 1 heterocycles. The van der Waals surface area contributed by atoms with Crippen molar-refractivity contribution in [2.45, 2.75) is 26.7 Å². The molecule has 0 aliphatic carbocycles. The van der Waals surface area contributed by atoms with E-state index in [2.05, 4.69) is 34.6 Å². The Bertz CT molecular complexity index is 817. The first-order valence-corrected chi connectivity index (χ1v) is 7.55. The number of H-pyrrole nitrogens is 1. The lowest BCUT2D eigenvalue weighted by Crippen LogP contribution is -2.13. The summed E-state index contributed by atoms with van der Waals surface area (Å²) >= 11 is 0. The maximum Gasteiger partial charge on any atom is 0.224 e. The number of aromatic amines is 1. The number of benzene rings is 2. The maximum atomic E-state index is 12.2. The van der Waals surface area contributed by atoms with Crippen molar-refractivity contribution >= 4 is 22.5 Å². The number of carbonyl (C=O) groups is 1. The van der Waals surface area contributed by atoms with Crippen molar-refractivity contribution in [1.29, 1.82) is 0 Å². The van der Waals surface area contributed by atoms with Crippen molar-refractivity contribution in [2.75, 3.05) is 5.32 Å². The van der Waals surface area contributed by atoms with Crippen molar-refractivity contribution in [3.05, 3.63) is 65.4 Å². The smallest absolute Gasteiger partial charge is 0.224 e. The molecule has 112 valence electrons. The van der Waals surface area contributed by atoms with Gasteiger partial charge in [0.1, 0.15) is 0 Å². The van der Waals surface area contributed by atoms with Gasteiger partial charge in [-0.15, -0.1) is 0 Å². The summed E-state index contributed by atoms with van der Waals surface area (Å²) in [6.07, 6.45) is 3.16. The van der Waals surface area contributed by atoms with Gasteiger partial charge < -0.3 is 10.3 Å². The number of aromatic nitrogens is 1. The van der Waals surface area contributed by atoms with Crippen molar-refractivity contribution in [2.24, 2.45) is 0 Å². The Labute approximate surface area is 130 Å². The molecular weight excluding hydrogens is 272 g/mol. The molecule has 0 aliphatic heterocycles. The van der Waals surface area contributed by atoms with Crippen LogP contribution >= 0.6 is 0 Å². The quantitative estimate of drug-likeness (QED) is 0.737. The summed E-state index contributed by atoms with van der Waals surface area (Å²) in [6, 6.07) is 14.3. The lowest BCUT2D eigenvalue weighted by atomic mass is 10.0. The molecule has 1 amide bonds. The van der Waals surface area contributed by atoms with E-state index in [9.17, 15) is 4.79 Å². The van der Waals surface area contributed by atoms with Gasteiger partial charge in [0.25, 0.3) is 0 Å². The highest BCUT2D eigenvalue weighted by Crippen LogP contribution is 2.20. The molecule has 0 atom stereocenters. The number of hydrogen-bond donors (Lipinski definition) is 2. The highest BCUT2D eigenvalue weighted by Gasteiger charge is 2.07. The third-order valence-electron chi connectivity index (χ3n) is 3.97. The van der Waals surface area contributed by atoms with E-state index in [0.29, 0.717) is 6.42 Å². The molecule has 0 unspecified atom stereocenters. The van der Waals surface area contributed by atoms with Gasteiger partial charge in [-0.1, -0.05) is 24.3 Å².